The normalized spacial score (nSPS) is 15.8. The van der Waals surface area contributed by atoms with Crippen molar-refractivity contribution in [3.8, 4) is 0 Å². The fourth-order valence-electron chi connectivity index (χ4n) is 1.68. The lowest BCUT2D eigenvalue weighted by Gasteiger charge is -2.24. The first-order valence-corrected chi connectivity index (χ1v) is 11.8. The molecule has 0 heterocycles. The maximum absolute atomic E-state index is 12.3. The van der Waals surface area contributed by atoms with Crippen LogP contribution in [-0.4, -0.2) is 21.6 Å². The summed E-state index contributed by atoms with van der Waals surface area (Å²) in [4.78, 5) is 0. The molecule has 0 saturated carbocycles. The van der Waals surface area contributed by atoms with E-state index >= 15 is 0 Å². The van der Waals surface area contributed by atoms with Crippen molar-refractivity contribution in [2.75, 3.05) is 13.3 Å². The Kier molecular flexibility index (Phi) is 8.65. The molecule has 1 unspecified atom stereocenters. The van der Waals surface area contributed by atoms with E-state index < -0.39 is 15.9 Å². The van der Waals surface area contributed by atoms with Crippen LogP contribution in [-0.2, 0) is 13.3 Å². The van der Waals surface area contributed by atoms with Gasteiger partial charge in [0.2, 0.25) is 0 Å². The average Bonchev–Trinajstić information content (AvgIpc) is 2.21. The zero-order valence-electron chi connectivity index (χ0n) is 12.1. The maximum atomic E-state index is 12.3. The van der Waals surface area contributed by atoms with Crippen molar-refractivity contribution in [1.29, 1.82) is 0 Å². The first kappa shape index (κ1) is 17.4. The molecule has 0 rings (SSSR count). The second kappa shape index (κ2) is 8.47. The molecule has 0 spiro atoms. The predicted octanol–water partition coefficient (Wildman–Crippen LogP) is 5.04. The quantitative estimate of drug-likeness (QED) is 0.319. The summed E-state index contributed by atoms with van der Waals surface area (Å²) < 4.78 is 23.1. The molecule has 5 heteroatoms. The Morgan fingerprint density at radius 3 is 2.00 bits per heavy atom. The van der Waals surface area contributed by atoms with Gasteiger partial charge < -0.3 is 8.74 Å². The molecule has 17 heavy (non-hydrogen) atoms. The summed E-state index contributed by atoms with van der Waals surface area (Å²) in [6.45, 7) is 8.33. The summed E-state index contributed by atoms with van der Waals surface area (Å²) in [7, 11) is -3.10. The molecule has 0 aromatic carbocycles. The summed E-state index contributed by atoms with van der Waals surface area (Å²) in [5, 5.41) is 0. The van der Waals surface area contributed by atoms with Crippen molar-refractivity contribution < 1.29 is 13.3 Å². The Labute approximate surface area is 108 Å². The molecule has 0 aromatic heterocycles. The van der Waals surface area contributed by atoms with Crippen LogP contribution in [0.15, 0.2) is 0 Å². The summed E-state index contributed by atoms with van der Waals surface area (Å²) >= 11 is 0. The zero-order chi connectivity index (χ0) is 13.4. The number of rotatable bonds is 10. The van der Waals surface area contributed by atoms with Gasteiger partial charge in [-0.05, 0) is 26.1 Å². The van der Waals surface area contributed by atoms with Gasteiger partial charge in [-0.1, -0.05) is 39.0 Å². The van der Waals surface area contributed by atoms with Crippen molar-refractivity contribution in [2.24, 2.45) is 0 Å². The fraction of sp³-hybridized carbons (Fsp3) is 1.00. The Morgan fingerprint density at radius 1 is 1.00 bits per heavy atom. The lowest BCUT2D eigenvalue weighted by molar-refractivity contribution is 0.319. The highest BCUT2D eigenvalue weighted by atomic mass is 31.2. The smallest absolute Gasteiger partial charge is 0.320 e. The first-order chi connectivity index (χ1) is 7.83. The number of unbranched alkanes of at least 4 members (excludes halogenated alkanes) is 5. The van der Waals surface area contributed by atoms with Crippen LogP contribution in [0.1, 0.15) is 45.4 Å². The van der Waals surface area contributed by atoms with Gasteiger partial charge in [-0.15, -0.1) is 0 Å². The van der Waals surface area contributed by atoms with Crippen LogP contribution in [0.25, 0.3) is 0 Å². The third-order valence-electron chi connectivity index (χ3n) is 2.48. The molecule has 0 aromatic rings. The highest BCUT2D eigenvalue weighted by molar-refractivity contribution is 7.55. The van der Waals surface area contributed by atoms with Crippen LogP contribution in [0.3, 0.4) is 0 Å². The van der Waals surface area contributed by atoms with Crippen LogP contribution in [0.5, 0.6) is 0 Å². The van der Waals surface area contributed by atoms with E-state index in [-0.39, 0.29) is 0 Å². The summed E-state index contributed by atoms with van der Waals surface area (Å²) in [6, 6.07) is 0. The molecule has 0 amide bonds. The third-order valence-corrected chi connectivity index (χ3v) is 7.20. The first-order valence-electron chi connectivity index (χ1n) is 6.68. The van der Waals surface area contributed by atoms with Crippen molar-refractivity contribution in [3.05, 3.63) is 0 Å². The molecular weight excluding hydrogens is 251 g/mol. The van der Waals surface area contributed by atoms with Crippen LogP contribution in [0.4, 0.5) is 0 Å². The maximum Gasteiger partial charge on any atom is 0.320 e. The average molecular weight is 280 g/mol. The molecule has 0 N–H and O–H groups in total. The van der Waals surface area contributed by atoms with Gasteiger partial charge in [-0.3, -0.25) is 4.57 Å². The lowest BCUT2D eigenvalue weighted by atomic mass is 10.1. The van der Waals surface area contributed by atoms with E-state index in [4.69, 9.17) is 8.74 Å². The van der Waals surface area contributed by atoms with Crippen molar-refractivity contribution in [2.45, 2.75) is 65.1 Å². The van der Waals surface area contributed by atoms with Crippen LogP contribution in [0, 0.1) is 0 Å². The van der Waals surface area contributed by atoms with E-state index in [0.29, 0.717) is 6.16 Å². The summed E-state index contributed by atoms with van der Waals surface area (Å²) in [5.41, 5.74) is 0. The molecular formula is C12H29O3PSi. The van der Waals surface area contributed by atoms with Crippen LogP contribution < -0.4 is 0 Å². The Hall–Kier alpha value is 0.367. The standard InChI is InChI=1S/C12H29O3PSi/c1-6-7-8-9-10-11-12-16(13,14-2)15-17(3,4)5/h6-12H2,1-5H3. The largest absolute Gasteiger partial charge is 0.351 e. The zero-order valence-corrected chi connectivity index (χ0v) is 14.0. The van der Waals surface area contributed by atoms with E-state index in [1.165, 1.54) is 32.8 Å². The molecule has 0 fully saturated rings. The monoisotopic (exact) mass is 280 g/mol. The van der Waals surface area contributed by atoms with Gasteiger partial charge in [0, 0.05) is 13.3 Å². The summed E-state index contributed by atoms with van der Waals surface area (Å²) in [5.74, 6) is 0. The van der Waals surface area contributed by atoms with E-state index in [1.54, 1.807) is 0 Å². The van der Waals surface area contributed by atoms with Gasteiger partial charge in [0.1, 0.15) is 0 Å². The Morgan fingerprint density at radius 2 is 1.53 bits per heavy atom. The Bertz CT molecular complexity index is 238. The second-order valence-corrected chi connectivity index (χ2v) is 12.5. The van der Waals surface area contributed by atoms with Crippen molar-refractivity contribution >= 4 is 15.9 Å². The molecule has 0 bridgehead atoms. The van der Waals surface area contributed by atoms with Gasteiger partial charge in [-0.25, -0.2) is 0 Å². The highest BCUT2D eigenvalue weighted by Gasteiger charge is 2.30. The molecule has 0 saturated heterocycles. The molecule has 3 nitrogen and oxygen atoms in total. The van der Waals surface area contributed by atoms with E-state index in [1.807, 2.05) is 19.6 Å². The molecule has 0 aliphatic carbocycles. The molecule has 0 aliphatic rings. The molecule has 1 atom stereocenters. The minimum absolute atomic E-state index is 0.569. The van der Waals surface area contributed by atoms with Crippen molar-refractivity contribution in [3.63, 3.8) is 0 Å². The topological polar surface area (TPSA) is 35.5 Å². The van der Waals surface area contributed by atoms with Crippen molar-refractivity contribution in [1.82, 2.24) is 0 Å². The molecule has 104 valence electrons. The van der Waals surface area contributed by atoms with Gasteiger partial charge in [0.15, 0.2) is 8.32 Å². The second-order valence-electron chi connectivity index (χ2n) is 5.49. The predicted molar refractivity (Wildman–Crippen MR) is 77.3 cm³/mol. The van der Waals surface area contributed by atoms with E-state index in [0.717, 1.165) is 12.8 Å². The van der Waals surface area contributed by atoms with E-state index in [9.17, 15) is 4.57 Å². The third kappa shape index (κ3) is 10.0. The van der Waals surface area contributed by atoms with Crippen LogP contribution >= 0.6 is 7.60 Å². The van der Waals surface area contributed by atoms with Gasteiger partial charge in [0.25, 0.3) is 0 Å². The van der Waals surface area contributed by atoms with Gasteiger partial charge in [-0.2, -0.15) is 0 Å². The lowest BCUT2D eigenvalue weighted by Crippen LogP contribution is -2.24. The van der Waals surface area contributed by atoms with Crippen LogP contribution in [0.2, 0.25) is 19.6 Å². The SMILES string of the molecule is CCCCCCCCP(=O)(OC)O[Si](C)(C)C. The van der Waals surface area contributed by atoms with E-state index in [2.05, 4.69) is 6.92 Å². The fourth-order valence-corrected chi connectivity index (χ4v) is 6.47. The molecule has 0 radical (unpaired) electrons. The minimum Gasteiger partial charge on any atom is -0.351 e. The number of hydrogen-bond acceptors (Lipinski definition) is 3. The number of hydrogen-bond donors (Lipinski definition) is 0. The molecule has 0 aliphatic heterocycles. The Balaban J connectivity index is 3.85. The van der Waals surface area contributed by atoms with Gasteiger partial charge >= 0.3 is 7.60 Å². The van der Waals surface area contributed by atoms with Gasteiger partial charge in [0.05, 0.1) is 0 Å². The highest BCUT2D eigenvalue weighted by Crippen LogP contribution is 2.50. The minimum atomic E-state index is -2.82. The summed E-state index contributed by atoms with van der Waals surface area (Å²) in [6.07, 6.45) is 7.71.